The molecule has 0 radical (unpaired) electrons. The van der Waals surface area contributed by atoms with Gasteiger partial charge in [0.25, 0.3) is 0 Å². The van der Waals surface area contributed by atoms with Gasteiger partial charge in [-0.25, -0.2) is 0 Å². The van der Waals surface area contributed by atoms with E-state index in [1.807, 2.05) is 11.1 Å². The highest BCUT2D eigenvalue weighted by Gasteiger charge is 2.23. The maximum atomic E-state index is 12.6. The molecule has 38 heavy (non-hydrogen) atoms. The molecule has 12 heteroatoms. The molecule has 10 nitrogen and oxygen atoms in total. The van der Waals surface area contributed by atoms with E-state index in [0.717, 1.165) is 38.2 Å². The fraction of sp³-hybridized carbons (Fsp3) is 0.654. The number of carbonyl (C=O) groups excluding carboxylic acids is 2. The number of halogens is 2. The maximum Gasteiger partial charge on any atom is 0.225 e. The van der Waals surface area contributed by atoms with Crippen molar-refractivity contribution >= 4 is 46.5 Å². The number of hydrogen-bond donors (Lipinski definition) is 2. The minimum Gasteiger partial charge on any atom is -0.378 e. The van der Waals surface area contributed by atoms with Gasteiger partial charge in [-0.05, 0) is 50.0 Å². The first-order chi connectivity index (χ1) is 18.4. The number of carbonyl (C=O) groups is 2. The van der Waals surface area contributed by atoms with Crippen LogP contribution in [0.1, 0.15) is 32.6 Å². The van der Waals surface area contributed by atoms with Gasteiger partial charge in [-0.15, -0.1) is 0 Å². The molecule has 212 valence electrons. The number of hydrogen-bond acceptors (Lipinski definition) is 8. The summed E-state index contributed by atoms with van der Waals surface area (Å²) in [4.78, 5) is 25.7. The number of rotatable bonds is 15. The van der Waals surface area contributed by atoms with Crippen molar-refractivity contribution in [1.82, 2.24) is 15.5 Å². The molecule has 1 fully saturated rings. The average Bonchev–Trinajstić information content (AvgIpc) is 3.35. The highest BCUT2D eigenvalue weighted by atomic mass is 35.5. The Bertz CT molecular complexity index is 927. The van der Waals surface area contributed by atoms with Crippen LogP contribution in [0.3, 0.4) is 0 Å². The number of amides is 2. The Morgan fingerprint density at radius 1 is 0.974 bits per heavy atom. The van der Waals surface area contributed by atoms with Gasteiger partial charge in [-0.1, -0.05) is 23.2 Å². The summed E-state index contributed by atoms with van der Waals surface area (Å²) in [6, 6.07) is 5.39. The molecule has 0 bridgehead atoms. The van der Waals surface area contributed by atoms with E-state index in [2.05, 4.69) is 20.6 Å². The molecule has 0 aliphatic carbocycles. The Hall–Kier alpha value is -1.95. The molecule has 2 aliphatic rings. The van der Waals surface area contributed by atoms with Gasteiger partial charge in [0.2, 0.25) is 11.8 Å². The quantitative estimate of drug-likeness (QED) is 0.312. The largest absolute Gasteiger partial charge is 0.378 e. The van der Waals surface area contributed by atoms with Gasteiger partial charge in [0.15, 0.2) is 0 Å². The molecule has 0 saturated carbocycles. The van der Waals surface area contributed by atoms with Crippen molar-refractivity contribution in [2.45, 2.75) is 32.6 Å². The van der Waals surface area contributed by atoms with E-state index in [0.29, 0.717) is 87.4 Å². The number of benzene rings is 1. The lowest BCUT2D eigenvalue weighted by atomic mass is 9.93. The van der Waals surface area contributed by atoms with Gasteiger partial charge in [0, 0.05) is 39.4 Å². The summed E-state index contributed by atoms with van der Waals surface area (Å²) >= 11 is 12.1. The Morgan fingerprint density at radius 3 is 2.34 bits per heavy atom. The monoisotopic (exact) mass is 571 g/mol. The molecule has 2 amide bonds. The first kappa shape index (κ1) is 30.6. The lowest BCUT2D eigenvalue weighted by Crippen LogP contribution is -2.38. The van der Waals surface area contributed by atoms with Crippen molar-refractivity contribution in [3.8, 4) is 0 Å². The van der Waals surface area contributed by atoms with E-state index in [9.17, 15) is 9.59 Å². The predicted molar refractivity (Wildman–Crippen MR) is 149 cm³/mol. The first-order valence-electron chi connectivity index (χ1n) is 13.2. The molecule has 2 aliphatic heterocycles. The third-order valence-electron chi connectivity index (χ3n) is 6.38. The van der Waals surface area contributed by atoms with E-state index >= 15 is 0 Å². The van der Waals surface area contributed by atoms with Gasteiger partial charge in [0.1, 0.15) is 5.84 Å². The van der Waals surface area contributed by atoms with Crippen molar-refractivity contribution < 1.29 is 23.8 Å². The molecule has 3 rings (SSSR count). The summed E-state index contributed by atoms with van der Waals surface area (Å²) in [6.45, 7) is 8.74. The van der Waals surface area contributed by atoms with E-state index in [4.69, 9.17) is 37.4 Å². The number of nitrogens with zero attached hydrogens (tertiary/aromatic N) is 3. The van der Waals surface area contributed by atoms with Crippen LogP contribution in [0.25, 0.3) is 0 Å². The third-order valence-corrected chi connectivity index (χ3v) is 7.12. The molecular weight excluding hydrogens is 533 g/mol. The minimum absolute atomic E-state index is 0.0275. The number of anilines is 1. The zero-order valence-corrected chi connectivity index (χ0v) is 23.6. The molecule has 2 heterocycles. The lowest BCUT2D eigenvalue weighted by molar-refractivity contribution is -0.121. The normalized spacial score (nSPS) is 16.5. The molecule has 1 aromatic rings. The molecule has 0 unspecified atom stereocenters. The predicted octanol–water partition coefficient (Wildman–Crippen LogP) is 2.92. The number of amidine groups is 1. The fourth-order valence-electron chi connectivity index (χ4n) is 4.30. The zero-order chi connectivity index (χ0) is 27.2. The van der Waals surface area contributed by atoms with E-state index in [1.54, 1.807) is 12.1 Å². The van der Waals surface area contributed by atoms with Crippen LogP contribution in [0.15, 0.2) is 23.3 Å². The van der Waals surface area contributed by atoms with Crippen LogP contribution >= 0.6 is 23.2 Å². The highest BCUT2D eigenvalue weighted by molar-refractivity contribution is 6.42. The van der Waals surface area contributed by atoms with E-state index in [1.165, 1.54) is 6.92 Å². The number of ether oxygens (including phenoxy) is 3. The van der Waals surface area contributed by atoms with Gasteiger partial charge in [-0.2, -0.15) is 5.10 Å². The van der Waals surface area contributed by atoms with E-state index < -0.39 is 0 Å². The summed E-state index contributed by atoms with van der Waals surface area (Å²) < 4.78 is 16.5. The topological polar surface area (TPSA) is 105 Å². The second-order valence-corrected chi connectivity index (χ2v) is 10.2. The van der Waals surface area contributed by atoms with Crippen LogP contribution < -0.4 is 15.6 Å². The van der Waals surface area contributed by atoms with Crippen molar-refractivity contribution in [3.63, 3.8) is 0 Å². The molecule has 0 spiro atoms. The van der Waals surface area contributed by atoms with Gasteiger partial charge in [-0.3, -0.25) is 14.6 Å². The highest BCUT2D eigenvalue weighted by Crippen LogP contribution is 2.28. The smallest absolute Gasteiger partial charge is 0.225 e. The standard InChI is InChI=1S/C26H39Cl2N5O5/c1-20(34)29-7-12-36-14-16-38-17-15-37-13-11-32-8-4-21(5-9-32)18-26(35)30-25-6-10-33(31-25)22-2-3-23(27)24(28)19-22/h2-3,19,21H,4-18H2,1H3,(H,29,34)(H,30,31,35). The summed E-state index contributed by atoms with van der Waals surface area (Å²) in [6.07, 6.45) is 3.20. The van der Waals surface area contributed by atoms with Crippen LogP contribution in [0.2, 0.25) is 10.0 Å². The number of nitrogens with one attached hydrogen (secondary N) is 2. The van der Waals surface area contributed by atoms with Crippen LogP contribution in [0.4, 0.5) is 5.69 Å². The van der Waals surface area contributed by atoms with Gasteiger partial charge >= 0.3 is 0 Å². The van der Waals surface area contributed by atoms with Crippen molar-refractivity contribution in [1.29, 1.82) is 0 Å². The average molecular weight is 573 g/mol. The summed E-state index contributed by atoms with van der Waals surface area (Å²) in [7, 11) is 0. The van der Waals surface area contributed by atoms with Crippen LogP contribution in [0.5, 0.6) is 0 Å². The zero-order valence-electron chi connectivity index (χ0n) is 22.1. The van der Waals surface area contributed by atoms with Gasteiger partial charge in [0.05, 0.1) is 55.4 Å². The Morgan fingerprint density at radius 2 is 1.66 bits per heavy atom. The maximum absolute atomic E-state index is 12.6. The fourth-order valence-corrected chi connectivity index (χ4v) is 4.59. The molecular formula is C26H39Cl2N5O5. The molecule has 0 atom stereocenters. The SMILES string of the molecule is CC(=O)NCCOCCOCCOCCN1CCC(CC(=O)NC2=NN(c3ccc(Cl)c(Cl)c3)CC2)CC1. The minimum atomic E-state index is -0.0561. The van der Waals surface area contributed by atoms with Crippen LogP contribution in [0, 0.1) is 5.92 Å². The third kappa shape index (κ3) is 11.4. The second kappa shape index (κ2) is 16.9. The van der Waals surface area contributed by atoms with E-state index in [-0.39, 0.29) is 11.8 Å². The molecule has 1 saturated heterocycles. The van der Waals surface area contributed by atoms with Crippen molar-refractivity contribution in [2.75, 3.05) is 77.4 Å². The Kier molecular flexibility index (Phi) is 13.6. The van der Waals surface area contributed by atoms with Crippen LogP contribution in [-0.2, 0) is 23.8 Å². The summed E-state index contributed by atoms with van der Waals surface area (Å²) in [5.74, 6) is 1.04. The number of likely N-dealkylation sites (tertiary alicyclic amines) is 1. The molecule has 0 aromatic heterocycles. The molecule has 2 N–H and O–H groups in total. The number of hydrazone groups is 1. The van der Waals surface area contributed by atoms with Gasteiger partial charge < -0.3 is 29.7 Å². The second-order valence-electron chi connectivity index (χ2n) is 9.38. The van der Waals surface area contributed by atoms with Crippen LogP contribution in [-0.4, -0.2) is 94.9 Å². The Balaban J connectivity index is 1.18. The Labute approximate surface area is 234 Å². The van der Waals surface area contributed by atoms with Crippen molar-refractivity contribution in [3.05, 3.63) is 28.2 Å². The van der Waals surface area contributed by atoms with Crippen molar-refractivity contribution in [2.24, 2.45) is 11.0 Å². The summed E-state index contributed by atoms with van der Waals surface area (Å²) in [5, 5.41) is 13.0. The number of piperidine rings is 1. The lowest BCUT2D eigenvalue weighted by Gasteiger charge is -2.31. The first-order valence-corrected chi connectivity index (χ1v) is 14.0. The molecule has 1 aromatic carbocycles. The summed E-state index contributed by atoms with van der Waals surface area (Å²) in [5.41, 5.74) is 0.855.